The van der Waals surface area contributed by atoms with Crippen LogP contribution in [-0.4, -0.2) is 12.0 Å². The molecule has 1 aromatic carbocycles. The lowest BCUT2D eigenvalue weighted by Gasteiger charge is -2.23. The largest absolute Gasteiger partial charge is 0.373 e. The predicted octanol–water partition coefficient (Wildman–Crippen LogP) is 5.30. The Morgan fingerprint density at radius 1 is 1.26 bits per heavy atom. The van der Waals surface area contributed by atoms with E-state index in [1.165, 1.54) is 5.56 Å². The number of aromatic nitrogens is 1. The van der Waals surface area contributed by atoms with Gasteiger partial charge in [0, 0.05) is 22.5 Å². The lowest BCUT2D eigenvalue weighted by atomic mass is 9.86. The maximum atomic E-state index is 6.43. The number of anilines is 1. The van der Waals surface area contributed by atoms with E-state index in [1.807, 2.05) is 20.0 Å². The summed E-state index contributed by atoms with van der Waals surface area (Å²) in [6.07, 6.45) is 0. The Balaban J connectivity index is 2.90. The van der Waals surface area contributed by atoms with Crippen molar-refractivity contribution in [1.82, 2.24) is 4.98 Å². The zero-order chi connectivity index (χ0) is 14.4. The first-order chi connectivity index (χ1) is 8.75. The van der Waals surface area contributed by atoms with E-state index >= 15 is 0 Å². The van der Waals surface area contributed by atoms with Crippen LogP contribution in [0.3, 0.4) is 0 Å². The molecule has 2 aromatic rings. The minimum Gasteiger partial charge on any atom is -0.373 e. The number of pyridine rings is 1. The fourth-order valence-electron chi connectivity index (χ4n) is 2.16. The third kappa shape index (κ3) is 2.59. The number of benzene rings is 1. The summed E-state index contributed by atoms with van der Waals surface area (Å²) in [7, 11) is 1.90. The molecule has 0 saturated carbocycles. The first kappa shape index (κ1) is 14.6. The van der Waals surface area contributed by atoms with Crippen LogP contribution in [0.2, 0.25) is 5.02 Å². The van der Waals surface area contributed by atoms with Gasteiger partial charge in [0.1, 0.15) is 5.82 Å². The molecule has 19 heavy (non-hydrogen) atoms. The molecular weight excluding hydrogens is 324 g/mol. The smallest absolute Gasteiger partial charge is 0.130 e. The zero-order valence-corrected chi connectivity index (χ0v) is 14.2. The van der Waals surface area contributed by atoms with Crippen molar-refractivity contribution in [1.29, 1.82) is 0 Å². The van der Waals surface area contributed by atoms with Crippen molar-refractivity contribution in [2.75, 3.05) is 12.4 Å². The van der Waals surface area contributed by atoms with Gasteiger partial charge in [-0.2, -0.15) is 0 Å². The van der Waals surface area contributed by atoms with Gasteiger partial charge < -0.3 is 5.32 Å². The van der Waals surface area contributed by atoms with Crippen LogP contribution < -0.4 is 5.32 Å². The highest BCUT2D eigenvalue weighted by molar-refractivity contribution is 9.10. The third-order valence-electron chi connectivity index (χ3n) is 3.22. The Bertz CT molecular complexity index is 645. The van der Waals surface area contributed by atoms with Gasteiger partial charge in [-0.3, -0.25) is 0 Å². The molecule has 0 aliphatic heterocycles. The average Bonchev–Trinajstić information content (AvgIpc) is 2.33. The van der Waals surface area contributed by atoms with Gasteiger partial charge in [0.25, 0.3) is 0 Å². The predicted molar refractivity (Wildman–Crippen MR) is 87.4 cm³/mol. The molecule has 0 spiro atoms. The standard InChI is InChI=1S/C15H18BrClN2/c1-8-6-11(16)13-9(12(8)17)7-10(15(2,3)4)14(18-5)19-13/h6-7H,1-5H3,(H,18,19). The molecule has 1 heterocycles. The second kappa shape index (κ2) is 4.95. The SMILES string of the molecule is CNc1nc2c(Br)cc(C)c(Cl)c2cc1C(C)(C)C. The summed E-state index contributed by atoms with van der Waals surface area (Å²) in [6, 6.07) is 4.15. The lowest BCUT2D eigenvalue weighted by Crippen LogP contribution is -2.15. The van der Waals surface area contributed by atoms with Crippen LogP contribution in [0, 0.1) is 6.92 Å². The molecule has 0 aliphatic rings. The lowest BCUT2D eigenvalue weighted by molar-refractivity contribution is 0.591. The van der Waals surface area contributed by atoms with Crippen molar-refractivity contribution in [3.63, 3.8) is 0 Å². The van der Waals surface area contributed by atoms with E-state index < -0.39 is 0 Å². The maximum Gasteiger partial charge on any atom is 0.130 e. The fraction of sp³-hybridized carbons (Fsp3) is 0.400. The number of rotatable bonds is 1. The van der Waals surface area contributed by atoms with Crippen LogP contribution in [0.15, 0.2) is 16.6 Å². The first-order valence-corrected chi connectivity index (χ1v) is 7.40. The Hall–Kier alpha value is -0.800. The second-order valence-electron chi connectivity index (χ2n) is 5.77. The van der Waals surface area contributed by atoms with Gasteiger partial charge in [-0.1, -0.05) is 32.4 Å². The number of hydrogen-bond acceptors (Lipinski definition) is 2. The molecule has 2 rings (SSSR count). The first-order valence-electron chi connectivity index (χ1n) is 6.23. The molecule has 4 heteroatoms. The molecule has 0 aliphatic carbocycles. The molecule has 0 radical (unpaired) electrons. The van der Waals surface area contributed by atoms with Crippen molar-refractivity contribution in [2.24, 2.45) is 0 Å². The minimum absolute atomic E-state index is 0.0130. The number of hydrogen-bond donors (Lipinski definition) is 1. The van der Waals surface area contributed by atoms with Crippen LogP contribution in [-0.2, 0) is 5.41 Å². The molecule has 0 amide bonds. The number of aryl methyl sites for hydroxylation is 1. The van der Waals surface area contributed by atoms with E-state index in [9.17, 15) is 0 Å². The van der Waals surface area contributed by atoms with Crippen molar-refractivity contribution in [3.8, 4) is 0 Å². The van der Waals surface area contributed by atoms with Gasteiger partial charge in [0.05, 0.1) is 10.5 Å². The van der Waals surface area contributed by atoms with Crippen LogP contribution in [0.5, 0.6) is 0 Å². The van der Waals surface area contributed by atoms with Gasteiger partial charge >= 0.3 is 0 Å². The Labute approximate surface area is 127 Å². The van der Waals surface area contributed by atoms with Crippen LogP contribution in [0.25, 0.3) is 10.9 Å². The highest BCUT2D eigenvalue weighted by Crippen LogP contribution is 2.37. The van der Waals surface area contributed by atoms with Crippen LogP contribution >= 0.6 is 27.5 Å². The highest BCUT2D eigenvalue weighted by Gasteiger charge is 2.21. The van der Waals surface area contributed by atoms with Gasteiger partial charge in [-0.25, -0.2) is 4.98 Å². The molecule has 0 saturated heterocycles. The van der Waals surface area contributed by atoms with E-state index in [-0.39, 0.29) is 5.41 Å². The number of nitrogens with one attached hydrogen (secondary N) is 1. The van der Waals surface area contributed by atoms with Gasteiger partial charge in [0.15, 0.2) is 0 Å². The van der Waals surface area contributed by atoms with Crippen LogP contribution in [0.4, 0.5) is 5.82 Å². The number of nitrogens with zero attached hydrogens (tertiary/aromatic N) is 1. The van der Waals surface area contributed by atoms with E-state index in [2.05, 4.69) is 48.1 Å². The fourth-order valence-corrected chi connectivity index (χ4v) is 3.00. The summed E-state index contributed by atoms with van der Waals surface area (Å²) in [5.74, 6) is 0.903. The van der Waals surface area contributed by atoms with Crippen molar-refractivity contribution >= 4 is 44.3 Å². The summed E-state index contributed by atoms with van der Waals surface area (Å²) >= 11 is 10.0. The summed E-state index contributed by atoms with van der Waals surface area (Å²) in [4.78, 5) is 4.72. The number of halogens is 2. The summed E-state index contributed by atoms with van der Waals surface area (Å²) in [6.45, 7) is 8.54. The van der Waals surface area contributed by atoms with E-state index in [1.54, 1.807) is 0 Å². The molecule has 0 bridgehead atoms. The molecule has 0 fully saturated rings. The quantitative estimate of drug-likeness (QED) is 0.761. The zero-order valence-electron chi connectivity index (χ0n) is 11.9. The van der Waals surface area contributed by atoms with Gasteiger partial charge in [-0.15, -0.1) is 0 Å². The Morgan fingerprint density at radius 2 is 1.89 bits per heavy atom. The maximum absolute atomic E-state index is 6.43. The Morgan fingerprint density at radius 3 is 2.42 bits per heavy atom. The minimum atomic E-state index is 0.0130. The van der Waals surface area contributed by atoms with E-state index in [0.29, 0.717) is 0 Å². The molecule has 1 N–H and O–H groups in total. The number of fused-ring (bicyclic) bond motifs is 1. The summed E-state index contributed by atoms with van der Waals surface area (Å²) in [5, 5.41) is 4.95. The molecular formula is C15H18BrClN2. The van der Waals surface area contributed by atoms with E-state index in [0.717, 1.165) is 31.8 Å². The monoisotopic (exact) mass is 340 g/mol. The summed E-state index contributed by atoms with van der Waals surface area (Å²) < 4.78 is 0.973. The van der Waals surface area contributed by atoms with E-state index in [4.69, 9.17) is 16.6 Å². The van der Waals surface area contributed by atoms with Crippen molar-refractivity contribution < 1.29 is 0 Å². The third-order valence-corrected chi connectivity index (χ3v) is 4.33. The molecule has 102 valence electrons. The average molecular weight is 342 g/mol. The van der Waals surface area contributed by atoms with Gasteiger partial charge in [0.2, 0.25) is 0 Å². The molecule has 0 atom stereocenters. The highest BCUT2D eigenvalue weighted by atomic mass is 79.9. The second-order valence-corrected chi connectivity index (χ2v) is 7.00. The van der Waals surface area contributed by atoms with Crippen molar-refractivity contribution in [3.05, 3.63) is 32.8 Å². The van der Waals surface area contributed by atoms with Crippen LogP contribution in [0.1, 0.15) is 31.9 Å². The van der Waals surface area contributed by atoms with Crippen molar-refractivity contribution in [2.45, 2.75) is 33.1 Å². The van der Waals surface area contributed by atoms with Gasteiger partial charge in [-0.05, 0) is 46.0 Å². The molecule has 1 aromatic heterocycles. The summed E-state index contributed by atoms with van der Waals surface area (Å²) in [5.41, 5.74) is 3.13. The molecule has 0 unspecified atom stereocenters. The molecule has 2 nitrogen and oxygen atoms in total. The topological polar surface area (TPSA) is 24.9 Å². The normalized spacial score (nSPS) is 11.9. The Kier molecular flexibility index (Phi) is 3.80.